The fraction of sp³-hybridized carbons (Fsp3) is 0.429. The van der Waals surface area contributed by atoms with Crippen LogP contribution in [0.4, 0.5) is 0 Å². The van der Waals surface area contributed by atoms with Crippen molar-refractivity contribution in [3.8, 4) is 11.5 Å². The highest BCUT2D eigenvalue weighted by Gasteiger charge is 2.27. The monoisotopic (exact) mass is 323 g/mol. The predicted molar refractivity (Wildman–Crippen MR) is 95.6 cm³/mol. The Morgan fingerprint density at radius 2 is 1.83 bits per heavy atom. The van der Waals surface area contributed by atoms with Gasteiger partial charge in [0.1, 0.15) is 0 Å². The molecule has 0 N–H and O–H groups in total. The number of hydrogen-bond donors (Lipinski definition) is 0. The maximum Gasteiger partial charge on any atom is 0.161 e. The molecule has 2 aliphatic rings. The van der Waals surface area contributed by atoms with Crippen molar-refractivity contribution < 1.29 is 9.47 Å². The molecule has 2 aromatic rings. The maximum atomic E-state index is 5.88. The summed E-state index contributed by atoms with van der Waals surface area (Å²) < 4.78 is 11.6. The smallest absolute Gasteiger partial charge is 0.161 e. The molecule has 0 aliphatic carbocycles. The van der Waals surface area contributed by atoms with E-state index in [1.807, 2.05) is 0 Å². The van der Waals surface area contributed by atoms with Crippen LogP contribution in [0.5, 0.6) is 11.5 Å². The van der Waals surface area contributed by atoms with Crippen molar-refractivity contribution in [1.29, 1.82) is 0 Å². The van der Waals surface area contributed by atoms with Crippen LogP contribution in [0.15, 0.2) is 42.5 Å². The summed E-state index contributed by atoms with van der Waals surface area (Å²) in [6, 6.07) is 15.7. The molecule has 0 unspecified atom stereocenters. The average Bonchev–Trinajstić information content (AvgIpc) is 2.93. The zero-order valence-electron chi connectivity index (χ0n) is 14.3. The molecule has 126 valence electrons. The van der Waals surface area contributed by atoms with Gasteiger partial charge in [-0.05, 0) is 55.1 Å². The Balaban J connectivity index is 1.56. The molecule has 3 nitrogen and oxygen atoms in total. The number of fused-ring (bicyclic) bond motifs is 1. The van der Waals surface area contributed by atoms with E-state index in [1.54, 1.807) is 0 Å². The standard InChI is InChI=1S/C21H25NO2/c1-16-6-2-3-7-18(16)15-22-11-4-8-19(22)17-9-10-20-21(14-17)24-13-5-12-23-20/h2-3,6-7,9-10,14,19H,4-5,8,11-13,15H2,1H3/t19-/m1/s1. The summed E-state index contributed by atoms with van der Waals surface area (Å²) in [6.07, 6.45) is 3.42. The molecule has 24 heavy (non-hydrogen) atoms. The molecule has 4 rings (SSSR count). The zero-order valence-corrected chi connectivity index (χ0v) is 14.3. The first-order valence-corrected chi connectivity index (χ1v) is 8.99. The van der Waals surface area contributed by atoms with Crippen molar-refractivity contribution in [3.63, 3.8) is 0 Å². The molecule has 0 spiro atoms. The van der Waals surface area contributed by atoms with E-state index in [0.717, 1.165) is 44.2 Å². The number of hydrogen-bond acceptors (Lipinski definition) is 3. The zero-order chi connectivity index (χ0) is 16.4. The molecule has 0 amide bonds. The Labute approximate surface area is 144 Å². The molecular formula is C21H25NO2. The third kappa shape index (κ3) is 3.13. The van der Waals surface area contributed by atoms with Crippen molar-refractivity contribution in [2.24, 2.45) is 0 Å². The van der Waals surface area contributed by atoms with Crippen LogP contribution in [0.25, 0.3) is 0 Å². The van der Waals surface area contributed by atoms with Gasteiger partial charge in [-0.1, -0.05) is 30.3 Å². The summed E-state index contributed by atoms with van der Waals surface area (Å²) in [5, 5.41) is 0. The van der Waals surface area contributed by atoms with Crippen LogP contribution in [0, 0.1) is 6.92 Å². The maximum absolute atomic E-state index is 5.88. The molecule has 1 fully saturated rings. The summed E-state index contributed by atoms with van der Waals surface area (Å²) in [7, 11) is 0. The first kappa shape index (κ1) is 15.5. The number of ether oxygens (including phenoxy) is 2. The minimum Gasteiger partial charge on any atom is -0.490 e. The van der Waals surface area contributed by atoms with Crippen LogP contribution in [0.3, 0.4) is 0 Å². The highest BCUT2D eigenvalue weighted by molar-refractivity contribution is 5.44. The molecule has 2 aromatic carbocycles. The van der Waals surface area contributed by atoms with E-state index in [-0.39, 0.29) is 0 Å². The number of nitrogens with zero attached hydrogens (tertiary/aromatic N) is 1. The van der Waals surface area contributed by atoms with Crippen molar-refractivity contribution in [1.82, 2.24) is 4.90 Å². The highest BCUT2D eigenvalue weighted by atomic mass is 16.5. The van der Waals surface area contributed by atoms with Gasteiger partial charge in [0, 0.05) is 19.0 Å². The van der Waals surface area contributed by atoms with E-state index in [9.17, 15) is 0 Å². The van der Waals surface area contributed by atoms with Gasteiger partial charge in [0.2, 0.25) is 0 Å². The number of aryl methyl sites for hydroxylation is 1. The van der Waals surface area contributed by atoms with Gasteiger partial charge in [0.15, 0.2) is 11.5 Å². The number of rotatable bonds is 3. The third-order valence-corrected chi connectivity index (χ3v) is 5.15. The lowest BCUT2D eigenvalue weighted by atomic mass is 10.0. The van der Waals surface area contributed by atoms with E-state index in [1.165, 1.54) is 29.5 Å². The second-order valence-corrected chi connectivity index (χ2v) is 6.81. The van der Waals surface area contributed by atoms with Crippen LogP contribution >= 0.6 is 0 Å². The predicted octanol–water partition coefficient (Wildman–Crippen LogP) is 4.49. The summed E-state index contributed by atoms with van der Waals surface area (Å²) in [4.78, 5) is 2.60. The van der Waals surface area contributed by atoms with Crippen LogP contribution in [-0.4, -0.2) is 24.7 Å². The van der Waals surface area contributed by atoms with Crippen LogP contribution in [0.2, 0.25) is 0 Å². The fourth-order valence-electron chi connectivity index (χ4n) is 3.79. The molecule has 0 saturated carbocycles. The quantitative estimate of drug-likeness (QED) is 0.830. The van der Waals surface area contributed by atoms with Gasteiger partial charge in [-0.2, -0.15) is 0 Å². The lowest BCUT2D eigenvalue weighted by Crippen LogP contribution is -2.23. The third-order valence-electron chi connectivity index (χ3n) is 5.15. The Morgan fingerprint density at radius 3 is 2.71 bits per heavy atom. The molecule has 0 aromatic heterocycles. The Kier molecular flexibility index (Phi) is 4.44. The molecule has 1 atom stereocenters. The summed E-state index contributed by atoms with van der Waals surface area (Å²) >= 11 is 0. The van der Waals surface area contributed by atoms with E-state index in [4.69, 9.17) is 9.47 Å². The van der Waals surface area contributed by atoms with Crippen LogP contribution in [-0.2, 0) is 6.54 Å². The second-order valence-electron chi connectivity index (χ2n) is 6.81. The molecule has 1 saturated heterocycles. The molecule has 2 aliphatic heterocycles. The Bertz CT molecular complexity index is 713. The van der Waals surface area contributed by atoms with E-state index >= 15 is 0 Å². The molecule has 3 heteroatoms. The van der Waals surface area contributed by atoms with E-state index < -0.39 is 0 Å². The first-order valence-electron chi connectivity index (χ1n) is 8.99. The van der Waals surface area contributed by atoms with Crippen molar-refractivity contribution >= 4 is 0 Å². The van der Waals surface area contributed by atoms with Gasteiger partial charge in [-0.15, -0.1) is 0 Å². The highest BCUT2D eigenvalue weighted by Crippen LogP contribution is 2.38. The minimum atomic E-state index is 0.474. The largest absolute Gasteiger partial charge is 0.490 e. The Hall–Kier alpha value is -2.00. The first-order chi connectivity index (χ1) is 11.8. The lowest BCUT2D eigenvalue weighted by molar-refractivity contribution is 0.247. The summed E-state index contributed by atoms with van der Waals surface area (Å²) in [6.45, 7) is 5.87. The minimum absolute atomic E-state index is 0.474. The summed E-state index contributed by atoms with van der Waals surface area (Å²) in [5.74, 6) is 1.80. The normalized spacial score (nSPS) is 20.8. The fourth-order valence-corrected chi connectivity index (χ4v) is 3.79. The van der Waals surface area contributed by atoms with Gasteiger partial charge in [-0.3, -0.25) is 4.90 Å². The van der Waals surface area contributed by atoms with Crippen molar-refractivity contribution in [2.75, 3.05) is 19.8 Å². The molecular weight excluding hydrogens is 298 g/mol. The van der Waals surface area contributed by atoms with E-state index in [0.29, 0.717) is 6.04 Å². The SMILES string of the molecule is Cc1ccccc1CN1CCC[C@@H]1c1ccc2c(c1)OCCCO2. The number of benzene rings is 2. The van der Waals surface area contributed by atoms with Gasteiger partial charge < -0.3 is 9.47 Å². The van der Waals surface area contributed by atoms with Gasteiger partial charge in [0.25, 0.3) is 0 Å². The molecule has 0 bridgehead atoms. The average molecular weight is 323 g/mol. The van der Waals surface area contributed by atoms with Crippen LogP contribution < -0.4 is 9.47 Å². The van der Waals surface area contributed by atoms with Crippen molar-refractivity contribution in [2.45, 2.75) is 38.8 Å². The molecule has 0 radical (unpaired) electrons. The molecule has 2 heterocycles. The van der Waals surface area contributed by atoms with Crippen LogP contribution in [0.1, 0.15) is 42.0 Å². The van der Waals surface area contributed by atoms with Gasteiger partial charge in [0.05, 0.1) is 13.2 Å². The van der Waals surface area contributed by atoms with Gasteiger partial charge >= 0.3 is 0 Å². The van der Waals surface area contributed by atoms with Gasteiger partial charge in [-0.25, -0.2) is 0 Å². The Morgan fingerprint density at radius 1 is 1.00 bits per heavy atom. The lowest BCUT2D eigenvalue weighted by Gasteiger charge is -2.26. The number of likely N-dealkylation sites (tertiary alicyclic amines) is 1. The summed E-state index contributed by atoms with van der Waals surface area (Å²) in [5.41, 5.74) is 4.16. The van der Waals surface area contributed by atoms with Crippen molar-refractivity contribution in [3.05, 3.63) is 59.2 Å². The van der Waals surface area contributed by atoms with E-state index in [2.05, 4.69) is 54.3 Å². The second kappa shape index (κ2) is 6.86. The topological polar surface area (TPSA) is 21.7 Å².